The van der Waals surface area contributed by atoms with Crippen molar-refractivity contribution in [1.29, 1.82) is 0 Å². The highest BCUT2D eigenvalue weighted by atomic mass is 16.6. The number of hydrogen-bond acceptors (Lipinski definition) is 5. The summed E-state index contributed by atoms with van der Waals surface area (Å²) in [5.74, 6) is 0.547. The van der Waals surface area contributed by atoms with Crippen LogP contribution < -0.4 is 5.32 Å². The summed E-state index contributed by atoms with van der Waals surface area (Å²) < 4.78 is 1.61. The fourth-order valence-electron chi connectivity index (χ4n) is 2.97. The number of nitrogens with zero attached hydrogens (tertiary/aromatic N) is 4. The molecule has 0 atom stereocenters. The molecule has 1 aromatic rings. The SMILES string of the molecule is CCCN1CCC(Nc2c([N+](=O)[O-])c(CC)nn2C)CC1. The molecule has 0 aliphatic carbocycles. The summed E-state index contributed by atoms with van der Waals surface area (Å²) in [6.07, 6.45) is 3.78. The van der Waals surface area contributed by atoms with Crippen LogP contribution in [0.2, 0.25) is 0 Å². The number of piperidine rings is 1. The van der Waals surface area contributed by atoms with Gasteiger partial charge in [-0.2, -0.15) is 5.10 Å². The van der Waals surface area contributed by atoms with Crippen molar-refractivity contribution in [1.82, 2.24) is 14.7 Å². The summed E-state index contributed by atoms with van der Waals surface area (Å²) >= 11 is 0. The maximum atomic E-state index is 11.3. The molecular weight excluding hydrogens is 270 g/mol. The molecule has 1 saturated heterocycles. The van der Waals surface area contributed by atoms with Crippen LogP contribution in [0.15, 0.2) is 0 Å². The Morgan fingerprint density at radius 2 is 2.05 bits per heavy atom. The lowest BCUT2D eigenvalue weighted by Gasteiger charge is -2.32. The number of nitro groups is 1. The van der Waals surface area contributed by atoms with E-state index in [9.17, 15) is 10.1 Å². The molecule has 0 saturated carbocycles. The second-order valence-electron chi connectivity index (χ2n) is 5.64. The van der Waals surface area contributed by atoms with Crippen LogP contribution in [-0.2, 0) is 13.5 Å². The van der Waals surface area contributed by atoms with Crippen molar-refractivity contribution >= 4 is 11.5 Å². The van der Waals surface area contributed by atoms with Crippen LogP contribution in [-0.4, -0.2) is 45.3 Å². The van der Waals surface area contributed by atoms with E-state index in [1.54, 1.807) is 11.7 Å². The first-order valence-electron chi connectivity index (χ1n) is 7.75. The van der Waals surface area contributed by atoms with Crippen LogP contribution in [0.4, 0.5) is 11.5 Å². The van der Waals surface area contributed by atoms with Gasteiger partial charge < -0.3 is 10.2 Å². The van der Waals surface area contributed by atoms with E-state index < -0.39 is 0 Å². The maximum Gasteiger partial charge on any atom is 0.333 e. The van der Waals surface area contributed by atoms with Gasteiger partial charge in [-0.05, 0) is 32.2 Å². The third-order valence-electron chi connectivity index (χ3n) is 4.08. The minimum atomic E-state index is -0.319. The normalized spacial score (nSPS) is 17.1. The highest BCUT2D eigenvalue weighted by Crippen LogP contribution is 2.30. The van der Waals surface area contributed by atoms with Crippen LogP contribution >= 0.6 is 0 Å². The van der Waals surface area contributed by atoms with Gasteiger partial charge in [0.25, 0.3) is 0 Å². The predicted octanol–water partition coefficient (Wildman–Crippen LogP) is 2.18. The fourth-order valence-corrected chi connectivity index (χ4v) is 2.97. The Morgan fingerprint density at radius 1 is 1.38 bits per heavy atom. The number of aryl methyl sites for hydroxylation is 2. The summed E-state index contributed by atoms with van der Waals surface area (Å²) in [4.78, 5) is 13.4. The molecule has 7 heteroatoms. The third-order valence-corrected chi connectivity index (χ3v) is 4.08. The Hall–Kier alpha value is -1.63. The van der Waals surface area contributed by atoms with Crippen molar-refractivity contribution in [2.75, 3.05) is 25.0 Å². The summed E-state index contributed by atoms with van der Waals surface area (Å²) in [5, 5.41) is 18.9. The Bertz CT molecular complexity index is 492. The molecule has 2 rings (SSSR count). The van der Waals surface area contributed by atoms with E-state index >= 15 is 0 Å². The number of anilines is 1. The van der Waals surface area contributed by atoms with Crippen LogP contribution in [0, 0.1) is 10.1 Å². The zero-order valence-electron chi connectivity index (χ0n) is 13.1. The van der Waals surface area contributed by atoms with Crippen LogP contribution in [0.3, 0.4) is 0 Å². The molecule has 0 amide bonds. The molecule has 2 heterocycles. The number of rotatable bonds is 6. The Balaban J connectivity index is 2.07. The Labute approximate surface area is 125 Å². The minimum Gasteiger partial charge on any atom is -0.362 e. The van der Waals surface area contributed by atoms with Crippen molar-refractivity contribution in [3.8, 4) is 0 Å². The van der Waals surface area contributed by atoms with E-state index in [1.807, 2.05) is 6.92 Å². The first-order chi connectivity index (χ1) is 10.1. The monoisotopic (exact) mass is 295 g/mol. The van der Waals surface area contributed by atoms with Crippen molar-refractivity contribution in [2.24, 2.45) is 7.05 Å². The number of hydrogen-bond donors (Lipinski definition) is 1. The van der Waals surface area contributed by atoms with E-state index in [2.05, 4.69) is 22.2 Å². The van der Waals surface area contributed by atoms with Gasteiger partial charge in [-0.1, -0.05) is 13.8 Å². The number of likely N-dealkylation sites (tertiary alicyclic amines) is 1. The molecular formula is C14H25N5O2. The molecule has 1 N–H and O–H groups in total. The third kappa shape index (κ3) is 3.53. The Morgan fingerprint density at radius 3 is 2.57 bits per heavy atom. The summed E-state index contributed by atoms with van der Waals surface area (Å²) in [7, 11) is 1.76. The molecule has 0 radical (unpaired) electrons. The molecule has 0 aromatic carbocycles. The number of nitrogens with one attached hydrogen (secondary N) is 1. The molecule has 1 aliphatic heterocycles. The van der Waals surface area contributed by atoms with Crippen molar-refractivity contribution in [3.05, 3.63) is 15.8 Å². The average molecular weight is 295 g/mol. The smallest absolute Gasteiger partial charge is 0.333 e. The lowest BCUT2D eigenvalue weighted by molar-refractivity contribution is -0.384. The number of aromatic nitrogens is 2. The van der Waals surface area contributed by atoms with E-state index in [4.69, 9.17) is 0 Å². The van der Waals surface area contributed by atoms with E-state index in [-0.39, 0.29) is 16.7 Å². The predicted molar refractivity (Wildman–Crippen MR) is 82.6 cm³/mol. The van der Waals surface area contributed by atoms with Gasteiger partial charge in [-0.25, -0.2) is 4.68 Å². The molecule has 118 valence electrons. The van der Waals surface area contributed by atoms with E-state index in [0.717, 1.165) is 32.5 Å². The van der Waals surface area contributed by atoms with Gasteiger partial charge in [-0.3, -0.25) is 10.1 Å². The average Bonchev–Trinajstić information content (AvgIpc) is 2.78. The lowest BCUT2D eigenvalue weighted by Crippen LogP contribution is -2.39. The van der Waals surface area contributed by atoms with Crippen molar-refractivity contribution in [3.63, 3.8) is 0 Å². The first-order valence-corrected chi connectivity index (χ1v) is 7.75. The highest BCUT2D eigenvalue weighted by Gasteiger charge is 2.28. The van der Waals surface area contributed by atoms with E-state index in [1.165, 1.54) is 6.42 Å². The van der Waals surface area contributed by atoms with Gasteiger partial charge in [0.2, 0.25) is 5.82 Å². The van der Waals surface area contributed by atoms with Crippen LogP contribution in [0.5, 0.6) is 0 Å². The minimum absolute atomic E-state index is 0.135. The molecule has 0 unspecified atom stereocenters. The zero-order chi connectivity index (χ0) is 15.4. The quantitative estimate of drug-likeness (QED) is 0.643. The van der Waals surface area contributed by atoms with Gasteiger partial charge in [0.1, 0.15) is 5.69 Å². The summed E-state index contributed by atoms with van der Waals surface area (Å²) in [5.41, 5.74) is 0.685. The molecule has 1 aliphatic rings. The fraction of sp³-hybridized carbons (Fsp3) is 0.786. The van der Waals surface area contributed by atoms with Crippen molar-refractivity contribution in [2.45, 2.75) is 45.6 Å². The highest BCUT2D eigenvalue weighted by molar-refractivity contribution is 5.60. The standard InChI is InChI=1S/C14H25N5O2/c1-4-8-18-9-6-11(7-10-18)15-14-13(19(20)21)12(5-2)16-17(14)3/h11,15H,4-10H2,1-3H3. The molecule has 1 fully saturated rings. The van der Waals surface area contributed by atoms with Crippen LogP contribution in [0.25, 0.3) is 0 Å². The first kappa shape index (κ1) is 15.8. The zero-order valence-corrected chi connectivity index (χ0v) is 13.1. The second-order valence-corrected chi connectivity index (χ2v) is 5.64. The second kappa shape index (κ2) is 6.89. The largest absolute Gasteiger partial charge is 0.362 e. The Kier molecular flexibility index (Phi) is 5.17. The van der Waals surface area contributed by atoms with Gasteiger partial charge in [0.15, 0.2) is 0 Å². The summed E-state index contributed by atoms with van der Waals surface area (Å²) in [6.45, 7) is 7.33. The van der Waals surface area contributed by atoms with Gasteiger partial charge in [0, 0.05) is 26.2 Å². The molecule has 1 aromatic heterocycles. The van der Waals surface area contributed by atoms with Gasteiger partial charge >= 0.3 is 5.69 Å². The molecule has 7 nitrogen and oxygen atoms in total. The molecule has 21 heavy (non-hydrogen) atoms. The molecule has 0 bridgehead atoms. The molecule has 0 spiro atoms. The van der Waals surface area contributed by atoms with Gasteiger partial charge in [0.05, 0.1) is 4.92 Å². The lowest BCUT2D eigenvalue weighted by atomic mass is 10.0. The summed E-state index contributed by atoms with van der Waals surface area (Å²) in [6, 6.07) is 0.289. The van der Waals surface area contributed by atoms with Gasteiger partial charge in [-0.15, -0.1) is 0 Å². The van der Waals surface area contributed by atoms with Crippen molar-refractivity contribution < 1.29 is 4.92 Å². The topological polar surface area (TPSA) is 76.2 Å². The van der Waals surface area contributed by atoms with Crippen LogP contribution in [0.1, 0.15) is 38.8 Å². The maximum absolute atomic E-state index is 11.3. The van der Waals surface area contributed by atoms with E-state index in [0.29, 0.717) is 17.9 Å².